The number of rotatable bonds is 4. The molecule has 2 aromatic carbocycles. The Balaban J connectivity index is 1.74. The molecule has 0 aromatic heterocycles. The summed E-state index contributed by atoms with van der Waals surface area (Å²) in [5, 5.41) is 0. The SMILES string of the molecule is NCc1ccccc1-c1ccc(CN2CCCCC2)cc1. The van der Waals surface area contributed by atoms with Crippen molar-refractivity contribution in [1.29, 1.82) is 0 Å². The van der Waals surface area contributed by atoms with Gasteiger partial charge in [0.1, 0.15) is 0 Å². The van der Waals surface area contributed by atoms with Crippen LogP contribution in [-0.2, 0) is 13.1 Å². The van der Waals surface area contributed by atoms with Crippen LogP contribution >= 0.6 is 0 Å². The maximum atomic E-state index is 5.83. The van der Waals surface area contributed by atoms with Crippen LogP contribution in [0.5, 0.6) is 0 Å². The first-order chi connectivity index (χ1) is 10.4. The summed E-state index contributed by atoms with van der Waals surface area (Å²) in [5.74, 6) is 0. The molecular formula is C19H24N2. The number of hydrogen-bond donors (Lipinski definition) is 1. The molecule has 2 heteroatoms. The van der Waals surface area contributed by atoms with Crippen molar-refractivity contribution in [3.8, 4) is 11.1 Å². The van der Waals surface area contributed by atoms with E-state index in [9.17, 15) is 0 Å². The lowest BCUT2D eigenvalue weighted by Crippen LogP contribution is -2.28. The third-order valence-corrected chi connectivity index (χ3v) is 4.36. The van der Waals surface area contributed by atoms with E-state index in [1.807, 2.05) is 0 Å². The van der Waals surface area contributed by atoms with E-state index in [1.54, 1.807) is 0 Å². The molecule has 2 nitrogen and oxygen atoms in total. The smallest absolute Gasteiger partial charge is 0.0233 e. The summed E-state index contributed by atoms with van der Waals surface area (Å²) in [4.78, 5) is 2.56. The number of benzene rings is 2. The molecule has 0 saturated carbocycles. The normalized spacial score (nSPS) is 16.0. The van der Waals surface area contributed by atoms with E-state index in [0.29, 0.717) is 6.54 Å². The molecule has 3 rings (SSSR count). The van der Waals surface area contributed by atoms with Crippen molar-refractivity contribution in [3.63, 3.8) is 0 Å². The Hall–Kier alpha value is -1.64. The predicted molar refractivity (Wildman–Crippen MR) is 88.9 cm³/mol. The molecule has 2 N–H and O–H groups in total. The van der Waals surface area contributed by atoms with Gasteiger partial charge in [-0.1, -0.05) is 55.0 Å². The highest BCUT2D eigenvalue weighted by molar-refractivity contribution is 5.67. The first kappa shape index (κ1) is 14.3. The van der Waals surface area contributed by atoms with Crippen LogP contribution < -0.4 is 5.73 Å². The number of hydrogen-bond acceptors (Lipinski definition) is 2. The Bertz CT molecular complexity index is 568. The Morgan fingerprint density at radius 1 is 0.857 bits per heavy atom. The van der Waals surface area contributed by atoms with Crippen molar-refractivity contribution in [3.05, 3.63) is 59.7 Å². The fraction of sp³-hybridized carbons (Fsp3) is 0.368. The highest BCUT2D eigenvalue weighted by Gasteiger charge is 2.10. The molecule has 0 spiro atoms. The van der Waals surface area contributed by atoms with Crippen LogP contribution in [0.4, 0.5) is 0 Å². The fourth-order valence-corrected chi connectivity index (χ4v) is 3.15. The Morgan fingerprint density at radius 3 is 2.29 bits per heavy atom. The molecule has 0 aliphatic carbocycles. The van der Waals surface area contributed by atoms with E-state index in [-0.39, 0.29) is 0 Å². The molecule has 1 heterocycles. The molecule has 2 aromatic rings. The summed E-state index contributed by atoms with van der Waals surface area (Å²) in [6, 6.07) is 17.4. The van der Waals surface area contributed by atoms with Crippen molar-refractivity contribution in [2.24, 2.45) is 5.73 Å². The second kappa shape index (κ2) is 6.88. The van der Waals surface area contributed by atoms with Gasteiger partial charge in [-0.05, 0) is 48.2 Å². The number of piperidine rings is 1. The highest BCUT2D eigenvalue weighted by atomic mass is 15.1. The summed E-state index contributed by atoms with van der Waals surface area (Å²) in [5.41, 5.74) is 11.0. The lowest BCUT2D eigenvalue weighted by molar-refractivity contribution is 0.221. The van der Waals surface area contributed by atoms with Gasteiger partial charge >= 0.3 is 0 Å². The Morgan fingerprint density at radius 2 is 1.57 bits per heavy atom. The average molecular weight is 280 g/mol. The number of nitrogens with zero attached hydrogens (tertiary/aromatic N) is 1. The quantitative estimate of drug-likeness (QED) is 0.923. The van der Waals surface area contributed by atoms with Crippen molar-refractivity contribution >= 4 is 0 Å². The molecule has 0 radical (unpaired) electrons. The van der Waals surface area contributed by atoms with Crippen molar-refractivity contribution in [1.82, 2.24) is 4.90 Å². The van der Waals surface area contributed by atoms with Crippen molar-refractivity contribution < 1.29 is 0 Å². The zero-order chi connectivity index (χ0) is 14.5. The van der Waals surface area contributed by atoms with Crippen LogP contribution in [-0.4, -0.2) is 18.0 Å². The molecule has 21 heavy (non-hydrogen) atoms. The Kier molecular flexibility index (Phi) is 4.69. The van der Waals surface area contributed by atoms with Gasteiger partial charge in [0.25, 0.3) is 0 Å². The van der Waals surface area contributed by atoms with Crippen molar-refractivity contribution in [2.45, 2.75) is 32.4 Å². The maximum Gasteiger partial charge on any atom is 0.0233 e. The molecular weight excluding hydrogens is 256 g/mol. The van der Waals surface area contributed by atoms with E-state index in [2.05, 4.69) is 53.4 Å². The van der Waals surface area contributed by atoms with Crippen LogP contribution in [0, 0.1) is 0 Å². The summed E-state index contributed by atoms with van der Waals surface area (Å²) < 4.78 is 0. The average Bonchev–Trinajstić information content (AvgIpc) is 2.56. The first-order valence-electron chi connectivity index (χ1n) is 7.96. The van der Waals surface area contributed by atoms with Gasteiger partial charge in [0.05, 0.1) is 0 Å². The summed E-state index contributed by atoms with van der Waals surface area (Å²) >= 11 is 0. The molecule has 0 unspecified atom stereocenters. The fourth-order valence-electron chi connectivity index (χ4n) is 3.15. The van der Waals surface area contributed by atoms with Crippen LogP contribution in [0.2, 0.25) is 0 Å². The minimum absolute atomic E-state index is 0.589. The first-order valence-corrected chi connectivity index (χ1v) is 7.96. The predicted octanol–water partition coefficient (Wildman–Crippen LogP) is 3.80. The molecule has 1 aliphatic rings. The van der Waals surface area contributed by atoms with Crippen molar-refractivity contribution in [2.75, 3.05) is 13.1 Å². The van der Waals surface area contributed by atoms with E-state index in [4.69, 9.17) is 5.73 Å². The molecule has 0 bridgehead atoms. The third kappa shape index (κ3) is 3.52. The van der Waals surface area contributed by atoms with E-state index >= 15 is 0 Å². The summed E-state index contributed by atoms with van der Waals surface area (Å²) in [7, 11) is 0. The van der Waals surface area contributed by atoms with Crippen LogP contribution in [0.15, 0.2) is 48.5 Å². The van der Waals surface area contributed by atoms with Gasteiger partial charge < -0.3 is 5.73 Å². The van der Waals surface area contributed by atoms with E-state index < -0.39 is 0 Å². The van der Waals surface area contributed by atoms with Crippen LogP contribution in [0.3, 0.4) is 0 Å². The van der Waals surface area contributed by atoms with Crippen LogP contribution in [0.1, 0.15) is 30.4 Å². The largest absolute Gasteiger partial charge is 0.326 e. The second-order valence-electron chi connectivity index (χ2n) is 5.90. The lowest BCUT2D eigenvalue weighted by Gasteiger charge is -2.26. The molecule has 110 valence electrons. The van der Waals surface area contributed by atoms with Gasteiger partial charge in [0, 0.05) is 13.1 Å². The van der Waals surface area contributed by atoms with Gasteiger partial charge in [-0.2, -0.15) is 0 Å². The Labute approximate surface area is 127 Å². The third-order valence-electron chi connectivity index (χ3n) is 4.36. The molecule has 1 fully saturated rings. The van der Waals surface area contributed by atoms with Gasteiger partial charge in [-0.3, -0.25) is 4.90 Å². The van der Waals surface area contributed by atoms with E-state index in [1.165, 1.54) is 54.6 Å². The van der Waals surface area contributed by atoms with Gasteiger partial charge in [0.2, 0.25) is 0 Å². The van der Waals surface area contributed by atoms with Gasteiger partial charge in [-0.25, -0.2) is 0 Å². The highest BCUT2D eigenvalue weighted by Crippen LogP contribution is 2.24. The van der Waals surface area contributed by atoms with Gasteiger partial charge in [0.15, 0.2) is 0 Å². The zero-order valence-corrected chi connectivity index (χ0v) is 12.6. The summed E-state index contributed by atoms with van der Waals surface area (Å²) in [6.07, 6.45) is 4.09. The van der Waals surface area contributed by atoms with E-state index in [0.717, 1.165) is 6.54 Å². The minimum Gasteiger partial charge on any atom is -0.326 e. The number of nitrogens with two attached hydrogens (primary N) is 1. The zero-order valence-electron chi connectivity index (χ0n) is 12.6. The van der Waals surface area contributed by atoms with Crippen LogP contribution in [0.25, 0.3) is 11.1 Å². The standard InChI is InChI=1S/C19H24N2/c20-14-18-6-2-3-7-19(18)17-10-8-16(9-11-17)15-21-12-4-1-5-13-21/h2-3,6-11H,1,4-5,12-15,20H2. The minimum atomic E-state index is 0.589. The summed E-state index contributed by atoms with van der Waals surface area (Å²) in [6.45, 7) is 4.17. The number of likely N-dealkylation sites (tertiary alicyclic amines) is 1. The molecule has 0 atom stereocenters. The molecule has 0 amide bonds. The maximum absolute atomic E-state index is 5.83. The monoisotopic (exact) mass is 280 g/mol. The van der Waals surface area contributed by atoms with Gasteiger partial charge in [-0.15, -0.1) is 0 Å². The second-order valence-corrected chi connectivity index (χ2v) is 5.90. The topological polar surface area (TPSA) is 29.3 Å². The molecule has 1 aliphatic heterocycles. The lowest BCUT2D eigenvalue weighted by atomic mass is 9.98. The molecule has 1 saturated heterocycles.